The molecule has 110 valence electrons. The summed E-state index contributed by atoms with van der Waals surface area (Å²) in [6.45, 7) is 19.7. The second-order valence-electron chi connectivity index (χ2n) is 8.12. The monoisotopic (exact) mass is 266 g/mol. The van der Waals surface area contributed by atoms with E-state index in [0.29, 0.717) is 0 Å². The number of urea groups is 1. The lowest BCUT2D eigenvalue weighted by molar-refractivity contribution is 0.109. The van der Waals surface area contributed by atoms with Crippen LogP contribution in [0.25, 0.3) is 0 Å². The molecule has 1 heterocycles. The summed E-state index contributed by atoms with van der Waals surface area (Å²) >= 11 is 0. The van der Waals surface area contributed by atoms with E-state index in [4.69, 9.17) is 0 Å². The number of carbonyl (C=O) groups is 1. The zero-order chi connectivity index (χ0) is 15.2. The third kappa shape index (κ3) is 3.13. The Morgan fingerprint density at radius 2 is 1.58 bits per heavy atom. The molecule has 0 N–H and O–H groups in total. The molecule has 2 amide bonds. The van der Waals surface area contributed by atoms with Crippen LogP contribution in [0.1, 0.15) is 62.3 Å². The molecule has 0 aromatic heterocycles. The van der Waals surface area contributed by atoms with E-state index in [1.807, 2.05) is 9.80 Å². The fourth-order valence-corrected chi connectivity index (χ4v) is 3.11. The lowest BCUT2D eigenvalue weighted by Crippen LogP contribution is -2.54. The Balaban J connectivity index is 3.31. The van der Waals surface area contributed by atoms with Crippen LogP contribution in [0.5, 0.6) is 0 Å². The first-order chi connectivity index (χ1) is 8.29. The molecule has 1 unspecified atom stereocenters. The van der Waals surface area contributed by atoms with Crippen molar-refractivity contribution in [2.45, 2.75) is 78.9 Å². The van der Waals surface area contributed by atoms with Crippen LogP contribution in [0.2, 0.25) is 0 Å². The Morgan fingerprint density at radius 3 is 1.89 bits per heavy atom. The average molecular weight is 266 g/mol. The van der Waals surface area contributed by atoms with Crippen molar-refractivity contribution < 1.29 is 4.79 Å². The molecule has 3 heteroatoms. The number of allylic oxidation sites excluding steroid dienone is 1. The van der Waals surface area contributed by atoms with E-state index < -0.39 is 0 Å². The summed E-state index contributed by atoms with van der Waals surface area (Å²) in [4.78, 5) is 16.8. The van der Waals surface area contributed by atoms with Crippen molar-refractivity contribution in [3.8, 4) is 0 Å². The van der Waals surface area contributed by atoms with Gasteiger partial charge in [-0.2, -0.15) is 0 Å². The highest BCUT2D eigenvalue weighted by Crippen LogP contribution is 2.38. The van der Waals surface area contributed by atoms with Gasteiger partial charge in [0.05, 0.1) is 5.54 Å². The number of nitrogens with zero attached hydrogens (tertiary/aromatic N) is 2. The van der Waals surface area contributed by atoms with Gasteiger partial charge >= 0.3 is 6.03 Å². The Bertz CT molecular complexity index is 394. The lowest BCUT2D eigenvalue weighted by atomic mass is 9.92. The molecular weight excluding hydrogens is 236 g/mol. The van der Waals surface area contributed by atoms with Crippen LogP contribution >= 0.6 is 0 Å². The first kappa shape index (κ1) is 16.1. The summed E-state index contributed by atoms with van der Waals surface area (Å²) in [7, 11) is 0. The van der Waals surface area contributed by atoms with Gasteiger partial charge in [-0.3, -0.25) is 0 Å². The van der Waals surface area contributed by atoms with Crippen LogP contribution in [0.3, 0.4) is 0 Å². The first-order valence-corrected chi connectivity index (χ1v) is 7.07. The van der Waals surface area contributed by atoms with Crippen LogP contribution in [-0.2, 0) is 0 Å². The van der Waals surface area contributed by atoms with Crippen LogP contribution < -0.4 is 0 Å². The summed E-state index contributed by atoms with van der Waals surface area (Å²) in [6, 6.07) is 0.139. The van der Waals surface area contributed by atoms with Crippen LogP contribution in [0, 0.1) is 0 Å². The normalized spacial score (nSPS) is 25.0. The van der Waals surface area contributed by atoms with E-state index in [0.717, 1.165) is 6.54 Å². The molecule has 0 aromatic rings. The molecule has 1 fully saturated rings. The zero-order valence-electron chi connectivity index (χ0n) is 14.1. The van der Waals surface area contributed by atoms with Crippen molar-refractivity contribution in [2.24, 2.45) is 0 Å². The maximum Gasteiger partial charge on any atom is 0.321 e. The third-order valence-corrected chi connectivity index (χ3v) is 3.49. The SMILES string of the molecule is CC(C)=CC1(C)CN(C(C)(C)C)C(=O)N1C(C)(C)C. The zero-order valence-corrected chi connectivity index (χ0v) is 14.1. The summed E-state index contributed by atoms with van der Waals surface area (Å²) in [5.41, 5.74) is 0.688. The molecule has 1 rings (SSSR count). The summed E-state index contributed by atoms with van der Waals surface area (Å²) in [5, 5.41) is 0. The summed E-state index contributed by atoms with van der Waals surface area (Å²) in [5.74, 6) is 0. The van der Waals surface area contributed by atoms with E-state index in [-0.39, 0.29) is 22.6 Å². The average Bonchev–Trinajstić information content (AvgIpc) is 2.33. The predicted octanol–water partition coefficient (Wildman–Crippen LogP) is 4.05. The van der Waals surface area contributed by atoms with E-state index in [2.05, 4.69) is 68.4 Å². The highest BCUT2D eigenvalue weighted by Gasteiger charge is 2.52. The molecule has 0 radical (unpaired) electrons. The molecule has 19 heavy (non-hydrogen) atoms. The van der Waals surface area contributed by atoms with Gasteiger partial charge in [-0.25, -0.2) is 4.79 Å². The van der Waals surface area contributed by atoms with Gasteiger partial charge in [0.25, 0.3) is 0 Å². The molecule has 1 aliphatic heterocycles. The Labute approximate surface area is 118 Å². The Morgan fingerprint density at radius 1 is 1.11 bits per heavy atom. The largest absolute Gasteiger partial charge is 0.321 e. The van der Waals surface area contributed by atoms with Crippen LogP contribution in [0.4, 0.5) is 4.79 Å². The molecule has 1 aliphatic rings. The highest BCUT2D eigenvalue weighted by atomic mass is 16.2. The van der Waals surface area contributed by atoms with Gasteiger partial charge in [-0.15, -0.1) is 0 Å². The van der Waals surface area contributed by atoms with Gasteiger partial charge in [-0.1, -0.05) is 11.6 Å². The maximum absolute atomic E-state index is 12.8. The second-order valence-corrected chi connectivity index (χ2v) is 8.12. The lowest BCUT2D eigenvalue weighted by Gasteiger charge is -2.41. The topological polar surface area (TPSA) is 23.6 Å². The molecule has 0 bridgehead atoms. The maximum atomic E-state index is 12.8. The van der Waals surface area contributed by atoms with E-state index >= 15 is 0 Å². The Kier molecular flexibility index (Phi) is 3.83. The van der Waals surface area contributed by atoms with Gasteiger partial charge in [0.15, 0.2) is 0 Å². The minimum absolute atomic E-state index is 0.139. The van der Waals surface area contributed by atoms with Gasteiger partial charge in [-0.05, 0) is 62.3 Å². The molecule has 0 spiro atoms. The minimum Gasteiger partial charge on any atom is -0.317 e. The third-order valence-electron chi connectivity index (χ3n) is 3.49. The van der Waals surface area contributed by atoms with Crippen LogP contribution in [0.15, 0.2) is 11.6 Å². The first-order valence-electron chi connectivity index (χ1n) is 7.07. The number of hydrogen-bond donors (Lipinski definition) is 0. The molecule has 0 aliphatic carbocycles. The van der Waals surface area contributed by atoms with Crippen molar-refractivity contribution in [3.05, 3.63) is 11.6 Å². The standard InChI is InChI=1S/C16H30N2O/c1-12(2)10-16(9)11-17(14(3,4)5)13(19)18(16)15(6,7)8/h10H,11H2,1-9H3. The molecule has 1 atom stereocenters. The van der Waals surface area contributed by atoms with Gasteiger partial charge in [0.1, 0.15) is 0 Å². The fraction of sp³-hybridized carbons (Fsp3) is 0.812. The van der Waals surface area contributed by atoms with Crippen molar-refractivity contribution in [2.75, 3.05) is 6.54 Å². The van der Waals surface area contributed by atoms with E-state index in [9.17, 15) is 4.79 Å². The number of amides is 2. The van der Waals surface area contributed by atoms with Crippen molar-refractivity contribution in [3.63, 3.8) is 0 Å². The smallest absolute Gasteiger partial charge is 0.317 e. The number of rotatable bonds is 1. The van der Waals surface area contributed by atoms with Crippen molar-refractivity contribution >= 4 is 6.03 Å². The summed E-state index contributed by atoms with van der Waals surface area (Å²) in [6.07, 6.45) is 2.22. The van der Waals surface area contributed by atoms with E-state index in [1.54, 1.807) is 0 Å². The van der Waals surface area contributed by atoms with Crippen LogP contribution in [-0.4, -0.2) is 39.0 Å². The second kappa shape index (κ2) is 4.53. The van der Waals surface area contributed by atoms with Crippen molar-refractivity contribution in [1.29, 1.82) is 0 Å². The number of carbonyl (C=O) groups excluding carboxylic acids is 1. The quantitative estimate of drug-likeness (QED) is 0.657. The highest BCUT2D eigenvalue weighted by molar-refractivity contribution is 5.80. The predicted molar refractivity (Wildman–Crippen MR) is 81.3 cm³/mol. The molecular formula is C16H30N2O. The van der Waals surface area contributed by atoms with Gasteiger partial charge in [0, 0.05) is 17.6 Å². The van der Waals surface area contributed by atoms with Crippen molar-refractivity contribution in [1.82, 2.24) is 9.80 Å². The number of hydrogen-bond acceptors (Lipinski definition) is 1. The van der Waals surface area contributed by atoms with Gasteiger partial charge < -0.3 is 9.80 Å². The minimum atomic E-state index is -0.235. The van der Waals surface area contributed by atoms with Gasteiger partial charge in [0.2, 0.25) is 0 Å². The Hall–Kier alpha value is -0.990. The molecule has 1 saturated heterocycles. The molecule has 0 aromatic carbocycles. The molecule has 0 saturated carbocycles. The van der Waals surface area contributed by atoms with E-state index in [1.165, 1.54) is 5.57 Å². The molecule has 3 nitrogen and oxygen atoms in total. The fourth-order valence-electron chi connectivity index (χ4n) is 3.11. The summed E-state index contributed by atoms with van der Waals surface area (Å²) < 4.78 is 0.